The number of halogens is 1. The molecule has 7 heteroatoms. The Kier molecular flexibility index (Phi) is 10.1. The first-order valence-electron chi connectivity index (χ1n) is 10.7. The summed E-state index contributed by atoms with van der Waals surface area (Å²) in [6.07, 6.45) is 6.16. The molecule has 1 aliphatic carbocycles. The first-order valence-corrected chi connectivity index (χ1v) is 11.5. The van der Waals surface area contributed by atoms with Crippen LogP contribution >= 0.6 is 35.7 Å². The second kappa shape index (κ2) is 12.0. The highest BCUT2D eigenvalue weighted by Gasteiger charge is 2.43. The number of rotatable bonds is 10. The molecule has 1 heterocycles. The van der Waals surface area contributed by atoms with Gasteiger partial charge in [0.25, 0.3) is 0 Å². The maximum Gasteiger partial charge on any atom is 0.222 e. The highest BCUT2D eigenvalue weighted by Crippen LogP contribution is 2.51. The summed E-state index contributed by atoms with van der Waals surface area (Å²) >= 11 is 1.96. The molecule has 1 aromatic rings. The van der Waals surface area contributed by atoms with Gasteiger partial charge in [0.05, 0.1) is 6.54 Å². The molecule has 1 saturated heterocycles. The molecule has 2 N–H and O–H groups in total. The highest BCUT2D eigenvalue weighted by molar-refractivity contribution is 14.0. The molecule has 0 aromatic heterocycles. The van der Waals surface area contributed by atoms with Gasteiger partial charge < -0.3 is 15.5 Å². The van der Waals surface area contributed by atoms with Crippen LogP contribution in [0.3, 0.4) is 0 Å². The first-order chi connectivity index (χ1) is 13.7. The normalized spacial score (nSPS) is 18.9. The molecule has 162 valence electrons. The lowest BCUT2D eigenvalue weighted by molar-refractivity contribution is -0.129. The van der Waals surface area contributed by atoms with E-state index in [1.165, 1.54) is 17.7 Å². The van der Waals surface area contributed by atoms with Crippen LogP contribution in [0.4, 0.5) is 0 Å². The van der Waals surface area contributed by atoms with Gasteiger partial charge in [-0.1, -0.05) is 25.1 Å². The fourth-order valence-corrected chi connectivity index (χ4v) is 4.96. The molecule has 0 bridgehead atoms. The van der Waals surface area contributed by atoms with Crippen LogP contribution in [-0.4, -0.2) is 53.7 Å². The Labute approximate surface area is 196 Å². The van der Waals surface area contributed by atoms with Crippen molar-refractivity contribution in [3.63, 3.8) is 0 Å². The summed E-state index contributed by atoms with van der Waals surface area (Å²) in [6.45, 7) is 7.72. The maximum atomic E-state index is 12.0. The van der Waals surface area contributed by atoms with Crippen LogP contribution in [-0.2, 0) is 4.79 Å². The quantitative estimate of drug-likeness (QED) is 0.270. The minimum atomic E-state index is 0. The van der Waals surface area contributed by atoms with E-state index in [9.17, 15) is 4.79 Å². The van der Waals surface area contributed by atoms with Crippen molar-refractivity contribution in [2.75, 3.05) is 26.2 Å². The molecule has 1 atom stereocenters. The number of thioether (sulfide) groups is 1. The fourth-order valence-electron chi connectivity index (χ4n) is 3.73. The number of hydrogen-bond acceptors (Lipinski definition) is 3. The van der Waals surface area contributed by atoms with E-state index in [0.717, 1.165) is 57.8 Å². The Morgan fingerprint density at radius 2 is 2.00 bits per heavy atom. The van der Waals surface area contributed by atoms with Crippen molar-refractivity contribution in [3.05, 3.63) is 30.3 Å². The van der Waals surface area contributed by atoms with E-state index in [4.69, 9.17) is 4.99 Å². The second-order valence-corrected chi connectivity index (χ2v) is 9.30. The summed E-state index contributed by atoms with van der Waals surface area (Å²) in [7, 11) is 0. The van der Waals surface area contributed by atoms with Gasteiger partial charge in [-0.25, -0.2) is 0 Å². The van der Waals surface area contributed by atoms with Gasteiger partial charge in [-0.2, -0.15) is 0 Å². The van der Waals surface area contributed by atoms with E-state index in [1.807, 2.05) is 11.8 Å². The number of hydrogen-bond donors (Lipinski definition) is 2. The number of nitrogens with one attached hydrogen (secondary N) is 2. The number of likely N-dealkylation sites (tertiary alicyclic amines) is 1. The molecule has 1 saturated carbocycles. The lowest BCUT2D eigenvalue weighted by Gasteiger charge is -2.27. The predicted octanol–water partition coefficient (Wildman–Crippen LogP) is 4.28. The molecular weight excluding hydrogens is 495 g/mol. The van der Waals surface area contributed by atoms with E-state index in [-0.39, 0.29) is 28.7 Å². The number of carbonyl (C=O) groups excluding carboxylic acids is 1. The zero-order valence-electron chi connectivity index (χ0n) is 17.7. The van der Waals surface area contributed by atoms with Gasteiger partial charge >= 0.3 is 0 Å². The molecule has 0 radical (unpaired) electrons. The zero-order chi connectivity index (χ0) is 19.8. The van der Waals surface area contributed by atoms with Crippen LogP contribution in [0.25, 0.3) is 0 Å². The summed E-state index contributed by atoms with van der Waals surface area (Å²) < 4.78 is 0.262. The molecule has 1 amide bonds. The molecule has 2 fully saturated rings. The van der Waals surface area contributed by atoms with Crippen molar-refractivity contribution < 1.29 is 4.79 Å². The lowest BCUT2D eigenvalue weighted by atomic mass is 10.1. The monoisotopic (exact) mass is 530 g/mol. The maximum absolute atomic E-state index is 12.0. The Balaban J connectivity index is 0.00000300. The van der Waals surface area contributed by atoms with Crippen LogP contribution in [0.1, 0.15) is 52.4 Å². The summed E-state index contributed by atoms with van der Waals surface area (Å²) in [5.74, 6) is 1.21. The molecule has 3 rings (SSSR count). The van der Waals surface area contributed by atoms with Crippen molar-refractivity contribution in [1.82, 2.24) is 15.5 Å². The lowest BCUT2D eigenvalue weighted by Crippen LogP contribution is -2.42. The van der Waals surface area contributed by atoms with E-state index in [1.54, 1.807) is 0 Å². The molecule has 1 aromatic carbocycles. The van der Waals surface area contributed by atoms with Crippen molar-refractivity contribution in [2.45, 2.75) is 68.1 Å². The van der Waals surface area contributed by atoms with Gasteiger partial charge in [0.15, 0.2) is 5.96 Å². The number of nitrogens with zero attached hydrogens (tertiary/aromatic N) is 2. The van der Waals surface area contributed by atoms with Crippen LogP contribution in [0.15, 0.2) is 40.2 Å². The Hall–Kier alpha value is -0.960. The van der Waals surface area contributed by atoms with Gasteiger partial charge in [-0.05, 0) is 51.2 Å². The topological polar surface area (TPSA) is 56.7 Å². The van der Waals surface area contributed by atoms with Gasteiger partial charge in [0.1, 0.15) is 0 Å². The summed E-state index contributed by atoms with van der Waals surface area (Å²) in [4.78, 5) is 20.3. The molecule has 1 aliphatic heterocycles. The molecule has 2 aliphatic rings. The second-order valence-electron chi connectivity index (χ2n) is 7.76. The minimum Gasteiger partial charge on any atom is -0.357 e. The van der Waals surface area contributed by atoms with E-state index in [2.05, 4.69) is 59.7 Å². The fraction of sp³-hybridized carbons (Fsp3) is 0.636. The number of amides is 1. The van der Waals surface area contributed by atoms with Gasteiger partial charge in [-0.3, -0.25) is 9.79 Å². The number of guanidine groups is 1. The average Bonchev–Trinajstić information content (AvgIpc) is 3.34. The SMILES string of the molecule is CCNC(=NCC1(Sc2ccccc2)CC1)NCCC(CC)N1CCCC1=O.I. The number of aliphatic imine (C=N–C) groups is 1. The van der Waals surface area contributed by atoms with Crippen LogP contribution in [0.5, 0.6) is 0 Å². The smallest absolute Gasteiger partial charge is 0.222 e. The summed E-state index contributed by atoms with van der Waals surface area (Å²) in [6, 6.07) is 11.0. The van der Waals surface area contributed by atoms with E-state index in [0.29, 0.717) is 11.9 Å². The third-order valence-corrected chi connectivity index (χ3v) is 7.03. The third kappa shape index (κ3) is 7.35. The largest absolute Gasteiger partial charge is 0.357 e. The van der Waals surface area contributed by atoms with Crippen LogP contribution in [0, 0.1) is 0 Å². The number of benzene rings is 1. The van der Waals surface area contributed by atoms with Crippen molar-refractivity contribution in [3.8, 4) is 0 Å². The van der Waals surface area contributed by atoms with Gasteiger partial charge in [0.2, 0.25) is 5.91 Å². The van der Waals surface area contributed by atoms with E-state index >= 15 is 0 Å². The van der Waals surface area contributed by atoms with Gasteiger partial charge in [0, 0.05) is 41.7 Å². The Morgan fingerprint density at radius 3 is 2.59 bits per heavy atom. The standard InChI is InChI=1S/C22H34N4OS.HI/c1-3-18(26-16-8-11-20(26)27)12-15-24-21(23-4-2)25-17-22(13-14-22)28-19-9-6-5-7-10-19;/h5-7,9-10,18H,3-4,8,11-17H2,1-2H3,(H2,23,24,25);1H. The van der Waals surface area contributed by atoms with Crippen LogP contribution in [0.2, 0.25) is 0 Å². The first kappa shape index (κ1) is 24.3. The van der Waals surface area contributed by atoms with E-state index < -0.39 is 0 Å². The number of carbonyl (C=O) groups is 1. The highest BCUT2D eigenvalue weighted by atomic mass is 127. The summed E-state index contributed by atoms with van der Waals surface area (Å²) in [5, 5.41) is 6.85. The molecule has 29 heavy (non-hydrogen) atoms. The molecule has 1 unspecified atom stereocenters. The van der Waals surface area contributed by atoms with Crippen molar-refractivity contribution >= 4 is 47.6 Å². The van der Waals surface area contributed by atoms with Crippen molar-refractivity contribution in [1.29, 1.82) is 0 Å². The molecule has 0 spiro atoms. The zero-order valence-corrected chi connectivity index (χ0v) is 20.8. The van der Waals surface area contributed by atoms with Crippen LogP contribution < -0.4 is 10.6 Å². The van der Waals surface area contributed by atoms with Crippen molar-refractivity contribution in [2.24, 2.45) is 4.99 Å². The predicted molar refractivity (Wildman–Crippen MR) is 133 cm³/mol. The molecule has 5 nitrogen and oxygen atoms in total. The Morgan fingerprint density at radius 1 is 1.24 bits per heavy atom. The van der Waals surface area contributed by atoms with Gasteiger partial charge in [-0.15, -0.1) is 35.7 Å². The minimum absolute atomic E-state index is 0. The molecular formula is C22H35IN4OS. The average molecular weight is 531 g/mol. The third-order valence-electron chi connectivity index (χ3n) is 5.55. The summed E-state index contributed by atoms with van der Waals surface area (Å²) in [5.41, 5.74) is 0. The Bertz CT molecular complexity index is 666.